The molecule has 3 rings (SSSR count). The third-order valence-electron chi connectivity index (χ3n) is 4.90. The second kappa shape index (κ2) is 9.44. The van der Waals surface area contributed by atoms with Crippen LogP contribution in [0.3, 0.4) is 0 Å². The molecule has 1 heterocycles. The molecule has 0 bridgehead atoms. The second-order valence-electron chi connectivity index (χ2n) is 7.48. The van der Waals surface area contributed by atoms with E-state index in [4.69, 9.17) is 19.6 Å². The van der Waals surface area contributed by atoms with Gasteiger partial charge in [0.25, 0.3) is 5.91 Å². The highest BCUT2D eigenvalue weighted by atomic mass is 16.7. The summed E-state index contributed by atoms with van der Waals surface area (Å²) in [4.78, 5) is 30.3. The minimum absolute atomic E-state index is 0.0309. The predicted molar refractivity (Wildman–Crippen MR) is 101 cm³/mol. The Kier molecular flexibility index (Phi) is 6.96. The number of aromatic carboxylic acids is 1. The van der Waals surface area contributed by atoms with Crippen LogP contribution in [-0.4, -0.2) is 76.5 Å². The summed E-state index contributed by atoms with van der Waals surface area (Å²) < 4.78 is 5.69. The lowest BCUT2D eigenvalue weighted by Crippen LogP contribution is -2.56. The number of carbonyl (C=O) groups is 2. The number of carboxylic acid groups (broad SMARTS) is 1. The standard InChI is InChI=1S/C18H25BN2O8/c22-15(20-28-10-11-1-2-11)9-21-7-13(8-21)29-14-4-3-12(5-6-19(26)27)17(23)16(14)18(24)25/h3-4,11,13,23,26-27H,1-2,5-10H2,(H,20,22)(H,24,25). The van der Waals surface area contributed by atoms with Crippen LogP contribution in [0.15, 0.2) is 12.1 Å². The molecule has 0 unspecified atom stereocenters. The van der Waals surface area contributed by atoms with E-state index in [0.717, 1.165) is 12.8 Å². The normalized spacial score (nSPS) is 16.9. The summed E-state index contributed by atoms with van der Waals surface area (Å²) in [5.41, 5.74) is 2.34. The number of hydrogen-bond donors (Lipinski definition) is 5. The van der Waals surface area contributed by atoms with Crippen molar-refractivity contribution < 1.29 is 39.4 Å². The number of aromatic hydroxyl groups is 1. The maximum atomic E-state index is 11.8. The predicted octanol–water partition coefficient (Wildman–Crippen LogP) is -0.373. The molecule has 1 aromatic rings. The number of nitrogens with zero attached hydrogens (tertiary/aromatic N) is 1. The first-order chi connectivity index (χ1) is 13.8. The van der Waals surface area contributed by atoms with E-state index in [1.807, 2.05) is 4.90 Å². The van der Waals surface area contributed by atoms with Gasteiger partial charge in [-0.25, -0.2) is 10.3 Å². The summed E-state index contributed by atoms with van der Waals surface area (Å²) in [5.74, 6) is -1.45. The van der Waals surface area contributed by atoms with E-state index in [2.05, 4.69) is 5.48 Å². The van der Waals surface area contributed by atoms with Crippen LogP contribution >= 0.6 is 0 Å². The van der Waals surface area contributed by atoms with Crippen molar-refractivity contribution in [2.24, 2.45) is 5.92 Å². The fourth-order valence-corrected chi connectivity index (χ4v) is 3.07. The van der Waals surface area contributed by atoms with Crippen molar-refractivity contribution in [3.63, 3.8) is 0 Å². The SMILES string of the molecule is O=C(CN1CC(Oc2ccc(CCB(O)O)c(O)c2C(=O)O)C1)NOCC1CC1. The fraction of sp³-hybridized carbons (Fsp3) is 0.556. The van der Waals surface area contributed by atoms with Crippen LogP contribution in [-0.2, 0) is 16.1 Å². The summed E-state index contributed by atoms with van der Waals surface area (Å²) in [7, 11) is -1.55. The molecule has 2 aliphatic rings. The molecule has 0 radical (unpaired) electrons. The third kappa shape index (κ3) is 6.07. The monoisotopic (exact) mass is 408 g/mol. The Hall–Kier alpha value is -2.34. The van der Waals surface area contributed by atoms with Gasteiger partial charge in [0, 0.05) is 13.1 Å². The Balaban J connectivity index is 1.49. The molecule has 158 valence electrons. The van der Waals surface area contributed by atoms with Crippen molar-refractivity contribution in [2.45, 2.75) is 31.7 Å². The molecule has 10 nitrogen and oxygen atoms in total. The van der Waals surface area contributed by atoms with Gasteiger partial charge in [-0.1, -0.05) is 6.07 Å². The summed E-state index contributed by atoms with van der Waals surface area (Å²) in [6, 6.07) is 2.95. The Labute approximate surface area is 168 Å². The van der Waals surface area contributed by atoms with Crippen LogP contribution in [0.1, 0.15) is 28.8 Å². The number of nitrogens with one attached hydrogen (secondary N) is 1. The van der Waals surface area contributed by atoms with Gasteiger partial charge in [-0.05, 0) is 43.1 Å². The van der Waals surface area contributed by atoms with Crippen molar-refractivity contribution in [3.8, 4) is 11.5 Å². The van der Waals surface area contributed by atoms with E-state index in [1.165, 1.54) is 12.1 Å². The Bertz CT molecular complexity index is 750. The average molecular weight is 408 g/mol. The van der Waals surface area contributed by atoms with Crippen LogP contribution in [0.4, 0.5) is 0 Å². The van der Waals surface area contributed by atoms with Crippen LogP contribution in [0, 0.1) is 5.92 Å². The van der Waals surface area contributed by atoms with Gasteiger partial charge in [-0.15, -0.1) is 0 Å². The van der Waals surface area contributed by atoms with Gasteiger partial charge in [-0.3, -0.25) is 14.5 Å². The van der Waals surface area contributed by atoms with Crippen LogP contribution in [0.2, 0.25) is 6.32 Å². The molecule has 0 spiro atoms. The van der Waals surface area contributed by atoms with Crippen LogP contribution in [0.25, 0.3) is 0 Å². The molecule has 1 aliphatic heterocycles. The number of amides is 1. The van der Waals surface area contributed by atoms with Gasteiger partial charge in [0.15, 0.2) is 0 Å². The number of ether oxygens (including phenoxy) is 1. The van der Waals surface area contributed by atoms with Gasteiger partial charge in [0.1, 0.15) is 23.2 Å². The fourth-order valence-electron chi connectivity index (χ4n) is 3.07. The maximum Gasteiger partial charge on any atom is 0.451 e. The number of rotatable bonds is 11. The quantitative estimate of drug-likeness (QED) is 0.244. The lowest BCUT2D eigenvalue weighted by molar-refractivity contribution is -0.137. The molecule has 5 N–H and O–H groups in total. The topological polar surface area (TPSA) is 149 Å². The van der Waals surface area contributed by atoms with Crippen molar-refractivity contribution in [3.05, 3.63) is 23.3 Å². The third-order valence-corrected chi connectivity index (χ3v) is 4.90. The van der Waals surface area contributed by atoms with Gasteiger partial charge >= 0.3 is 13.1 Å². The molecule has 1 saturated carbocycles. The Morgan fingerprint density at radius 3 is 2.59 bits per heavy atom. The van der Waals surface area contributed by atoms with Crippen molar-refractivity contribution in [1.82, 2.24) is 10.4 Å². The Morgan fingerprint density at radius 2 is 1.97 bits per heavy atom. The van der Waals surface area contributed by atoms with E-state index in [1.54, 1.807) is 0 Å². The van der Waals surface area contributed by atoms with Gasteiger partial charge in [0.2, 0.25) is 0 Å². The molecular weight excluding hydrogens is 383 g/mol. The van der Waals surface area contributed by atoms with Gasteiger partial charge < -0.3 is 25.0 Å². The molecule has 0 atom stereocenters. The zero-order valence-corrected chi connectivity index (χ0v) is 15.9. The zero-order chi connectivity index (χ0) is 21.0. The first-order valence-corrected chi connectivity index (χ1v) is 9.57. The molecule has 0 aromatic heterocycles. The first-order valence-electron chi connectivity index (χ1n) is 9.57. The van der Waals surface area contributed by atoms with E-state index in [0.29, 0.717) is 31.2 Å². The highest BCUT2D eigenvalue weighted by Crippen LogP contribution is 2.34. The van der Waals surface area contributed by atoms with E-state index < -0.39 is 18.8 Å². The molecule has 11 heteroatoms. The van der Waals surface area contributed by atoms with E-state index in [-0.39, 0.29) is 42.6 Å². The zero-order valence-electron chi connectivity index (χ0n) is 15.9. The molecule has 1 aromatic carbocycles. The summed E-state index contributed by atoms with van der Waals surface area (Å²) in [6.07, 6.45) is 2.05. The molecular formula is C18H25BN2O8. The Morgan fingerprint density at radius 1 is 1.24 bits per heavy atom. The lowest BCUT2D eigenvalue weighted by Gasteiger charge is -2.38. The number of carboxylic acids is 1. The molecule has 1 amide bonds. The number of carbonyl (C=O) groups excluding carboxylic acids is 1. The number of likely N-dealkylation sites (tertiary alicyclic amines) is 1. The number of hydroxylamine groups is 1. The van der Waals surface area contributed by atoms with Gasteiger partial charge in [-0.2, -0.15) is 0 Å². The molecule has 29 heavy (non-hydrogen) atoms. The number of aryl methyl sites for hydroxylation is 1. The highest BCUT2D eigenvalue weighted by Gasteiger charge is 2.32. The largest absolute Gasteiger partial charge is 0.507 e. The van der Waals surface area contributed by atoms with E-state index in [9.17, 15) is 19.8 Å². The van der Waals surface area contributed by atoms with E-state index >= 15 is 0 Å². The molecule has 1 aliphatic carbocycles. The minimum Gasteiger partial charge on any atom is -0.507 e. The van der Waals surface area contributed by atoms with Gasteiger partial charge in [0.05, 0.1) is 13.2 Å². The van der Waals surface area contributed by atoms with Crippen LogP contribution in [0.5, 0.6) is 11.5 Å². The minimum atomic E-state index is -1.55. The van der Waals surface area contributed by atoms with Crippen molar-refractivity contribution in [2.75, 3.05) is 26.2 Å². The highest BCUT2D eigenvalue weighted by molar-refractivity contribution is 6.41. The number of hydrogen-bond acceptors (Lipinski definition) is 8. The average Bonchev–Trinajstić information content (AvgIpc) is 3.43. The number of phenols is 1. The van der Waals surface area contributed by atoms with Crippen molar-refractivity contribution in [1.29, 1.82) is 0 Å². The first kappa shape index (κ1) is 21.4. The summed E-state index contributed by atoms with van der Waals surface area (Å²) in [5, 5.41) is 37.6. The second-order valence-corrected chi connectivity index (χ2v) is 7.48. The van der Waals surface area contributed by atoms with Crippen LogP contribution < -0.4 is 10.2 Å². The molecule has 1 saturated heterocycles. The molecule has 2 fully saturated rings. The number of benzene rings is 1. The summed E-state index contributed by atoms with van der Waals surface area (Å²) >= 11 is 0. The maximum absolute atomic E-state index is 11.8. The van der Waals surface area contributed by atoms with Crippen molar-refractivity contribution >= 4 is 19.0 Å². The summed E-state index contributed by atoms with van der Waals surface area (Å²) in [6.45, 7) is 1.57. The lowest BCUT2D eigenvalue weighted by atomic mass is 9.82. The smallest absolute Gasteiger partial charge is 0.451 e.